The normalized spacial score (nSPS) is 13.6. The summed E-state index contributed by atoms with van der Waals surface area (Å²) in [7, 11) is 0. The molecule has 0 saturated heterocycles. The van der Waals surface area contributed by atoms with Gasteiger partial charge in [0.05, 0.1) is 0 Å². The van der Waals surface area contributed by atoms with E-state index in [0.717, 1.165) is 24.9 Å². The molecule has 1 aliphatic heterocycles. The molecule has 0 radical (unpaired) electrons. The number of anilines is 1. The van der Waals surface area contributed by atoms with Crippen LogP contribution in [0.1, 0.15) is 32.1 Å². The number of hydrogen-bond donors (Lipinski definition) is 2. The highest BCUT2D eigenvalue weighted by atomic mass is 16.4. The molecule has 5 heteroatoms. The molecule has 0 unspecified atom stereocenters. The monoisotopic (exact) mass is 314 g/mol. The number of carboxylic acid groups (broad SMARTS) is 1. The molecule has 23 heavy (non-hydrogen) atoms. The zero-order valence-corrected chi connectivity index (χ0v) is 13.1. The summed E-state index contributed by atoms with van der Waals surface area (Å²) in [5, 5.41) is 11.5. The van der Waals surface area contributed by atoms with Crippen molar-refractivity contribution in [3.63, 3.8) is 0 Å². The lowest BCUT2D eigenvalue weighted by Crippen LogP contribution is -2.27. The van der Waals surface area contributed by atoms with Crippen molar-refractivity contribution in [3.8, 4) is 0 Å². The van der Waals surface area contributed by atoms with E-state index in [1.165, 1.54) is 5.57 Å². The van der Waals surface area contributed by atoms with Crippen LogP contribution in [-0.2, 0) is 9.59 Å². The molecule has 1 heterocycles. The van der Waals surface area contributed by atoms with E-state index in [9.17, 15) is 9.59 Å². The van der Waals surface area contributed by atoms with Gasteiger partial charge in [0.25, 0.3) is 0 Å². The fraction of sp³-hybridized carbons (Fsp3) is 0.333. The Morgan fingerprint density at radius 2 is 1.96 bits per heavy atom. The van der Waals surface area contributed by atoms with Crippen molar-refractivity contribution in [2.75, 3.05) is 11.9 Å². The number of nitrogens with one attached hydrogen (secondary N) is 1. The molecule has 0 saturated carbocycles. The van der Waals surface area contributed by atoms with Gasteiger partial charge >= 0.3 is 5.97 Å². The number of aliphatic carboxylic acids is 1. The van der Waals surface area contributed by atoms with Gasteiger partial charge in [-0.05, 0) is 37.8 Å². The topological polar surface area (TPSA) is 69.6 Å². The number of rotatable bonds is 8. The van der Waals surface area contributed by atoms with Gasteiger partial charge in [-0.3, -0.25) is 9.59 Å². The second-order valence-electron chi connectivity index (χ2n) is 5.56. The summed E-state index contributed by atoms with van der Waals surface area (Å²) in [6, 6.07) is 9.38. The minimum Gasteiger partial charge on any atom is -0.481 e. The van der Waals surface area contributed by atoms with Gasteiger partial charge in [0.2, 0.25) is 5.91 Å². The van der Waals surface area contributed by atoms with Crippen LogP contribution in [-0.4, -0.2) is 28.4 Å². The maximum absolute atomic E-state index is 12.0. The summed E-state index contributed by atoms with van der Waals surface area (Å²) in [5.41, 5.74) is 2.02. The molecule has 122 valence electrons. The summed E-state index contributed by atoms with van der Waals surface area (Å²) in [4.78, 5) is 24.4. The molecule has 1 aliphatic rings. The van der Waals surface area contributed by atoms with Crippen molar-refractivity contribution in [1.82, 2.24) is 4.90 Å². The predicted molar refractivity (Wildman–Crippen MR) is 89.7 cm³/mol. The Bertz CT molecular complexity index is 594. The van der Waals surface area contributed by atoms with Crippen LogP contribution in [0.4, 0.5) is 5.69 Å². The van der Waals surface area contributed by atoms with Crippen molar-refractivity contribution in [1.29, 1.82) is 0 Å². The third-order valence-corrected chi connectivity index (χ3v) is 3.55. The van der Waals surface area contributed by atoms with Crippen molar-refractivity contribution >= 4 is 17.6 Å². The van der Waals surface area contributed by atoms with Gasteiger partial charge < -0.3 is 15.3 Å². The molecule has 0 atom stereocenters. The van der Waals surface area contributed by atoms with E-state index in [1.807, 2.05) is 53.7 Å². The van der Waals surface area contributed by atoms with Crippen molar-refractivity contribution in [2.24, 2.45) is 0 Å². The largest absolute Gasteiger partial charge is 0.481 e. The minimum atomic E-state index is -0.748. The number of carboxylic acids is 1. The first-order chi connectivity index (χ1) is 11.1. The van der Waals surface area contributed by atoms with Crippen LogP contribution in [0.25, 0.3) is 0 Å². The van der Waals surface area contributed by atoms with Crippen LogP contribution in [0.15, 0.2) is 54.4 Å². The highest BCUT2D eigenvalue weighted by molar-refractivity contribution is 5.92. The number of amides is 1. The van der Waals surface area contributed by atoms with E-state index in [2.05, 4.69) is 5.32 Å². The number of allylic oxidation sites excluding steroid dienone is 2. The van der Waals surface area contributed by atoms with Crippen LogP contribution < -0.4 is 5.32 Å². The molecule has 5 nitrogen and oxygen atoms in total. The lowest BCUT2D eigenvalue weighted by Gasteiger charge is -2.21. The average molecular weight is 314 g/mol. The van der Waals surface area contributed by atoms with Crippen molar-refractivity contribution in [3.05, 3.63) is 54.4 Å². The fourth-order valence-corrected chi connectivity index (χ4v) is 2.45. The molecule has 0 aliphatic carbocycles. The van der Waals surface area contributed by atoms with E-state index < -0.39 is 5.97 Å². The number of unbranched alkanes of at least 4 members (excludes halogenated alkanes) is 1. The Balaban J connectivity index is 1.78. The number of para-hydroxylation sites is 1. The summed E-state index contributed by atoms with van der Waals surface area (Å²) in [6.07, 6.45) is 9.42. The van der Waals surface area contributed by atoms with Crippen LogP contribution >= 0.6 is 0 Å². The number of benzene rings is 1. The molecule has 2 rings (SSSR count). The SMILES string of the molecule is O=C(O)CCCCC1=CN(CC(=O)Nc2ccccc2)C=CC1. The van der Waals surface area contributed by atoms with Gasteiger partial charge in [-0.1, -0.05) is 29.8 Å². The lowest BCUT2D eigenvalue weighted by atomic mass is 10.0. The molecule has 1 amide bonds. The molecule has 0 spiro atoms. The molecule has 1 aromatic carbocycles. The van der Waals surface area contributed by atoms with Crippen LogP contribution in [0.5, 0.6) is 0 Å². The maximum atomic E-state index is 12.0. The summed E-state index contributed by atoms with van der Waals surface area (Å²) in [6.45, 7) is 0.268. The van der Waals surface area contributed by atoms with E-state index in [0.29, 0.717) is 6.42 Å². The zero-order chi connectivity index (χ0) is 16.5. The van der Waals surface area contributed by atoms with Crippen LogP contribution in [0, 0.1) is 0 Å². The van der Waals surface area contributed by atoms with Crippen LogP contribution in [0.2, 0.25) is 0 Å². The van der Waals surface area contributed by atoms with Crippen molar-refractivity contribution < 1.29 is 14.7 Å². The minimum absolute atomic E-state index is 0.0655. The molecule has 2 N–H and O–H groups in total. The van der Waals surface area contributed by atoms with Gasteiger partial charge in [0.1, 0.15) is 6.54 Å². The fourth-order valence-electron chi connectivity index (χ4n) is 2.45. The predicted octanol–water partition coefficient (Wildman–Crippen LogP) is 3.37. The second-order valence-corrected chi connectivity index (χ2v) is 5.56. The third kappa shape index (κ3) is 6.38. The standard InChI is InChI=1S/C18H22N2O3/c21-17(19-16-9-2-1-3-10-16)14-20-12-6-8-15(13-20)7-4-5-11-18(22)23/h1-3,6,9-10,12-13H,4-5,7-8,11,14H2,(H,19,21)(H,22,23). The Kier molecular flexibility index (Phi) is 6.41. The Morgan fingerprint density at radius 1 is 1.17 bits per heavy atom. The number of carbonyl (C=O) groups is 2. The van der Waals surface area contributed by atoms with Gasteiger partial charge in [-0.15, -0.1) is 0 Å². The van der Waals surface area contributed by atoms with Gasteiger partial charge in [0, 0.05) is 24.5 Å². The highest BCUT2D eigenvalue weighted by Gasteiger charge is 2.10. The number of hydrogen-bond acceptors (Lipinski definition) is 3. The second kappa shape index (κ2) is 8.78. The highest BCUT2D eigenvalue weighted by Crippen LogP contribution is 2.18. The van der Waals surface area contributed by atoms with Gasteiger partial charge in [-0.2, -0.15) is 0 Å². The van der Waals surface area contributed by atoms with Gasteiger partial charge in [0.15, 0.2) is 0 Å². The Hall–Kier alpha value is -2.56. The van der Waals surface area contributed by atoms with Crippen molar-refractivity contribution in [2.45, 2.75) is 32.1 Å². The zero-order valence-electron chi connectivity index (χ0n) is 13.1. The summed E-state index contributed by atoms with van der Waals surface area (Å²) in [5.74, 6) is -0.814. The summed E-state index contributed by atoms with van der Waals surface area (Å²) >= 11 is 0. The van der Waals surface area contributed by atoms with Crippen LogP contribution in [0.3, 0.4) is 0 Å². The van der Waals surface area contributed by atoms with E-state index in [1.54, 1.807) is 0 Å². The average Bonchev–Trinajstić information content (AvgIpc) is 2.52. The molecule has 1 aromatic rings. The molecular formula is C18H22N2O3. The molecular weight excluding hydrogens is 292 g/mol. The first-order valence-electron chi connectivity index (χ1n) is 7.82. The summed E-state index contributed by atoms with van der Waals surface area (Å²) < 4.78 is 0. The Labute approximate surface area is 136 Å². The first-order valence-corrected chi connectivity index (χ1v) is 7.82. The third-order valence-electron chi connectivity index (χ3n) is 3.55. The lowest BCUT2D eigenvalue weighted by molar-refractivity contribution is -0.137. The quantitative estimate of drug-likeness (QED) is 0.722. The van der Waals surface area contributed by atoms with E-state index in [-0.39, 0.29) is 18.9 Å². The van der Waals surface area contributed by atoms with E-state index in [4.69, 9.17) is 5.11 Å². The molecule has 0 fully saturated rings. The maximum Gasteiger partial charge on any atom is 0.303 e. The smallest absolute Gasteiger partial charge is 0.303 e. The van der Waals surface area contributed by atoms with E-state index >= 15 is 0 Å². The Morgan fingerprint density at radius 3 is 2.70 bits per heavy atom. The number of nitrogens with zero attached hydrogens (tertiary/aromatic N) is 1. The molecule has 0 bridgehead atoms. The first kappa shape index (κ1) is 16.8. The number of carbonyl (C=O) groups excluding carboxylic acids is 1. The molecule has 0 aromatic heterocycles. The van der Waals surface area contributed by atoms with Gasteiger partial charge in [-0.25, -0.2) is 0 Å².